The number of hydrogen-bond acceptors (Lipinski definition) is 2. The molecule has 114 valence electrons. The molecule has 0 radical (unpaired) electrons. The van der Waals surface area contributed by atoms with Crippen molar-refractivity contribution in [2.24, 2.45) is 4.99 Å². The average Bonchev–Trinajstić information content (AvgIpc) is 2.84. The number of halogens is 2. The molecule has 0 saturated carbocycles. The zero-order valence-electron chi connectivity index (χ0n) is 11.8. The molecule has 3 nitrogen and oxygen atoms in total. The molecule has 3 aromatic rings. The minimum absolute atomic E-state index is 0.297. The van der Waals surface area contributed by atoms with Crippen LogP contribution in [-0.4, -0.2) is 10.5 Å². The summed E-state index contributed by atoms with van der Waals surface area (Å²) < 4.78 is 4.60. The van der Waals surface area contributed by atoms with Gasteiger partial charge in [0.15, 0.2) is 4.80 Å². The van der Waals surface area contributed by atoms with E-state index < -0.39 is 0 Å². The fourth-order valence-corrected chi connectivity index (χ4v) is 4.19. The van der Waals surface area contributed by atoms with E-state index in [4.69, 9.17) is 6.42 Å². The topological polar surface area (TPSA) is 34.4 Å². The fourth-order valence-electron chi connectivity index (χ4n) is 2.16. The highest BCUT2D eigenvalue weighted by atomic mass is 79.9. The largest absolute Gasteiger partial charge is 0.305 e. The molecule has 0 spiro atoms. The van der Waals surface area contributed by atoms with Crippen LogP contribution >= 0.6 is 43.2 Å². The smallest absolute Gasteiger partial charge is 0.280 e. The predicted octanol–water partition coefficient (Wildman–Crippen LogP) is 4.60. The first kappa shape index (κ1) is 16.2. The van der Waals surface area contributed by atoms with Crippen molar-refractivity contribution in [1.82, 2.24) is 4.57 Å². The normalized spacial score (nSPS) is 11.6. The zero-order valence-corrected chi connectivity index (χ0v) is 15.8. The summed E-state index contributed by atoms with van der Waals surface area (Å²) in [5, 5.41) is 0. The van der Waals surface area contributed by atoms with Crippen molar-refractivity contribution in [3.05, 3.63) is 61.8 Å². The van der Waals surface area contributed by atoms with Gasteiger partial charge in [-0.05, 0) is 46.3 Å². The molecule has 6 heteroatoms. The molecule has 1 amide bonds. The Kier molecular flexibility index (Phi) is 4.81. The molecule has 0 aliphatic heterocycles. The number of thiazole rings is 1. The molecule has 23 heavy (non-hydrogen) atoms. The first-order chi connectivity index (χ1) is 11.1. The van der Waals surface area contributed by atoms with Crippen molar-refractivity contribution in [2.75, 3.05) is 0 Å². The number of benzene rings is 2. The number of fused-ring (bicyclic) bond motifs is 1. The van der Waals surface area contributed by atoms with Gasteiger partial charge in [0.25, 0.3) is 5.91 Å². The minimum atomic E-state index is -0.297. The standard InChI is InChI=1S/C17H10Br2N2OS/c1-2-9-21-14-8-7-11(18)10-15(14)23-17(21)20-16(22)12-5-3-4-6-13(12)19/h1,3-8,10H,9H2. The van der Waals surface area contributed by atoms with E-state index in [0.29, 0.717) is 16.9 Å². The summed E-state index contributed by atoms with van der Waals surface area (Å²) in [6.45, 7) is 0.365. The summed E-state index contributed by atoms with van der Waals surface area (Å²) in [4.78, 5) is 17.3. The van der Waals surface area contributed by atoms with Crippen LogP contribution in [0.5, 0.6) is 0 Å². The van der Waals surface area contributed by atoms with Crippen molar-refractivity contribution in [2.45, 2.75) is 6.54 Å². The molecule has 0 aliphatic carbocycles. The highest BCUT2D eigenvalue weighted by Gasteiger charge is 2.11. The van der Waals surface area contributed by atoms with Crippen LogP contribution in [0.2, 0.25) is 0 Å². The lowest BCUT2D eigenvalue weighted by molar-refractivity contribution is 0.0997. The number of carbonyl (C=O) groups excluding carboxylic acids is 1. The number of terminal acetylenes is 1. The van der Waals surface area contributed by atoms with Crippen molar-refractivity contribution < 1.29 is 4.79 Å². The third kappa shape index (κ3) is 3.32. The minimum Gasteiger partial charge on any atom is -0.305 e. The Balaban J connectivity index is 2.19. The lowest BCUT2D eigenvalue weighted by Gasteiger charge is -2.00. The van der Waals surface area contributed by atoms with Crippen LogP contribution in [0.1, 0.15) is 10.4 Å². The number of amides is 1. The summed E-state index contributed by atoms with van der Waals surface area (Å²) in [5.74, 6) is 2.32. The van der Waals surface area contributed by atoms with Crippen LogP contribution in [0.25, 0.3) is 10.2 Å². The molecule has 3 rings (SSSR count). The Morgan fingerprint density at radius 3 is 2.78 bits per heavy atom. The highest BCUT2D eigenvalue weighted by Crippen LogP contribution is 2.22. The van der Waals surface area contributed by atoms with Crippen LogP contribution in [0, 0.1) is 12.3 Å². The van der Waals surface area contributed by atoms with Gasteiger partial charge in [0.2, 0.25) is 0 Å². The van der Waals surface area contributed by atoms with Crippen molar-refractivity contribution in [1.29, 1.82) is 0 Å². The first-order valence-corrected chi connectivity index (χ1v) is 9.06. The summed E-state index contributed by atoms with van der Waals surface area (Å²) >= 11 is 8.28. The third-order valence-corrected chi connectivity index (χ3v) is 5.42. The lowest BCUT2D eigenvalue weighted by atomic mass is 10.2. The molecule has 0 saturated heterocycles. The molecular weight excluding hydrogens is 440 g/mol. The van der Waals surface area contributed by atoms with Crippen molar-refractivity contribution >= 4 is 59.3 Å². The highest BCUT2D eigenvalue weighted by molar-refractivity contribution is 9.10. The second kappa shape index (κ2) is 6.83. The molecule has 0 fully saturated rings. The monoisotopic (exact) mass is 448 g/mol. The van der Waals surface area contributed by atoms with Gasteiger partial charge in [-0.1, -0.05) is 45.3 Å². The lowest BCUT2D eigenvalue weighted by Crippen LogP contribution is -2.16. The summed E-state index contributed by atoms with van der Waals surface area (Å²) in [6.07, 6.45) is 5.47. The van der Waals surface area contributed by atoms with E-state index in [9.17, 15) is 4.79 Å². The fraction of sp³-hybridized carbons (Fsp3) is 0.0588. The van der Waals surface area contributed by atoms with Crippen LogP contribution in [-0.2, 0) is 6.54 Å². The Labute approximate surface area is 153 Å². The molecule has 1 heterocycles. The van der Waals surface area contributed by atoms with Crippen LogP contribution < -0.4 is 4.80 Å². The van der Waals surface area contributed by atoms with Gasteiger partial charge in [-0.25, -0.2) is 0 Å². The van der Waals surface area contributed by atoms with Crippen LogP contribution in [0.15, 0.2) is 56.4 Å². The van der Waals surface area contributed by atoms with Gasteiger partial charge in [-0.15, -0.1) is 6.42 Å². The van der Waals surface area contributed by atoms with E-state index in [0.717, 1.165) is 19.2 Å². The van der Waals surface area contributed by atoms with E-state index in [2.05, 4.69) is 42.8 Å². The number of rotatable bonds is 2. The molecule has 0 bridgehead atoms. The van der Waals surface area contributed by atoms with Gasteiger partial charge in [0.1, 0.15) is 0 Å². The van der Waals surface area contributed by atoms with Gasteiger partial charge < -0.3 is 4.57 Å². The third-order valence-electron chi connectivity index (χ3n) is 3.20. The van der Waals surface area contributed by atoms with Gasteiger partial charge >= 0.3 is 0 Å². The van der Waals surface area contributed by atoms with Crippen molar-refractivity contribution in [3.63, 3.8) is 0 Å². The zero-order chi connectivity index (χ0) is 16.4. The van der Waals surface area contributed by atoms with E-state index in [1.807, 2.05) is 41.0 Å². The van der Waals surface area contributed by atoms with Gasteiger partial charge in [0.05, 0.1) is 22.3 Å². The maximum Gasteiger partial charge on any atom is 0.280 e. The molecule has 0 atom stereocenters. The van der Waals surface area contributed by atoms with E-state index in [1.165, 1.54) is 11.3 Å². The summed E-state index contributed by atoms with van der Waals surface area (Å²) in [6, 6.07) is 13.1. The van der Waals surface area contributed by atoms with E-state index in [1.54, 1.807) is 6.07 Å². The molecule has 0 unspecified atom stereocenters. The number of carbonyl (C=O) groups is 1. The number of hydrogen-bond donors (Lipinski definition) is 0. The second-order valence-corrected chi connectivity index (χ2v) is 7.46. The average molecular weight is 450 g/mol. The summed E-state index contributed by atoms with van der Waals surface area (Å²) in [7, 11) is 0. The quantitative estimate of drug-likeness (QED) is 0.526. The molecular formula is C17H10Br2N2OS. The SMILES string of the molecule is C#CCn1c(=NC(=O)c2ccccc2Br)sc2cc(Br)ccc21. The van der Waals surface area contributed by atoms with Gasteiger partial charge in [-0.3, -0.25) is 4.79 Å². The number of nitrogens with zero attached hydrogens (tertiary/aromatic N) is 2. The maximum absolute atomic E-state index is 12.5. The van der Waals surface area contributed by atoms with Gasteiger partial charge in [0, 0.05) is 8.95 Å². The number of aromatic nitrogens is 1. The van der Waals surface area contributed by atoms with E-state index >= 15 is 0 Å². The molecule has 0 aliphatic rings. The molecule has 0 N–H and O–H groups in total. The van der Waals surface area contributed by atoms with E-state index in [-0.39, 0.29) is 5.91 Å². The second-order valence-electron chi connectivity index (χ2n) is 4.68. The Hall–Kier alpha value is -1.68. The Morgan fingerprint density at radius 2 is 2.04 bits per heavy atom. The molecule has 1 aromatic heterocycles. The molecule has 2 aromatic carbocycles. The Morgan fingerprint density at radius 1 is 1.26 bits per heavy atom. The van der Waals surface area contributed by atoms with Crippen molar-refractivity contribution in [3.8, 4) is 12.3 Å². The van der Waals surface area contributed by atoms with Crippen LogP contribution in [0.4, 0.5) is 0 Å². The first-order valence-electron chi connectivity index (χ1n) is 6.66. The van der Waals surface area contributed by atoms with Gasteiger partial charge in [-0.2, -0.15) is 4.99 Å². The van der Waals surface area contributed by atoms with Crippen LogP contribution in [0.3, 0.4) is 0 Å². The Bertz CT molecular complexity index is 1010. The predicted molar refractivity (Wildman–Crippen MR) is 100 cm³/mol. The maximum atomic E-state index is 12.5. The summed E-state index contributed by atoms with van der Waals surface area (Å²) in [5.41, 5.74) is 1.49.